The van der Waals surface area contributed by atoms with E-state index in [1.807, 2.05) is 37.3 Å². The summed E-state index contributed by atoms with van der Waals surface area (Å²) < 4.78 is 5.55. The van der Waals surface area contributed by atoms with Crippen molar-refractivity contribution < 1.29 is 4.74 Å². The van der Waals surface area contributed by atoms with Crippen LogP contribution in [0.4, 0.5) is 0 Å². The van der Waals surface area contributed by atoms with Crippen molar-refractivity contribution in [2.75, 3.05) is 20.2 Å². The lowest BCUT2D eigenvalue weighted by atomic mass is 10.1. The van der Waals surface area contributed by atoms with Gasteiger partial charge in [0.1, 0.15) is 5.75 Å². The minimum absolute atomic E-state index is 0.508. The van der Waals surface area contributed by atoms with Gasteiger partial charge in [-0.25, -0.2) is 0 Å². The van der Waals surface area contributed by atoms with Crippen LogP contribution in [0.5, 0.6) is 5.75 Å². The number of methoxy groups -OCH3 is 1. The van der Waals surface area contributed by atoms with Crippen LogP contribution >= 0.6 is 12.2 Å². The third-order valence-electron chi connectivity index (χ3n) is 4.91. The first kappa shape index (κ1) is 20.3. The molecule has 5 nitrogen and oxygen atoms in total. The average molecular weight is 397 g/mol. The molecule has 1 saturated heterocycles. The Balaban J connectivity index is 1.60. The van der Waals surface area contributed by atoms with Gasteiger partial charge in [-0.15, -0.1) is 0 Å². The van der Waals surface area contributed by atoms with Gasteiger partial charge >= 0.3 is 0 Å². The molecule has 2 aromatic rings. The maximum Gasteiger partial charge on any atom is 0.187 e. The van der Waals surface area contributed by atoms with E-state index in [4.69, 9.17) is 17.0 Å². The molecule has 6 heteroatoms. The lowest BCUT2D eigenvalue weighted by Gasteiger charge is -2.18. The number of rotatable bonds is 7. The van der Waals surface area contributed by atoms with Crippen molar-refractivity contribution in [2.45, 2.75) is 32.9 Å². The molecule has 2 N–H and O–H groups in total. The summed E-state index contributed by atoms with van der Waals surface area (Å²) in [5.74, 6) is 0.927. The summed E-state index contributed by atoms with van der Waals surface area (Å²) in [6, 6.07) is 16.4. The number of ether oxygens (including phenoxy) is 1. The lowest BCUT2D eigenvalue weighted by Crippen LogP contribution is -2.32. The molecule has 0 spiro atoms. The molecule has 0 atom stereocenters. The van der Waals surface area contributed by atoms with E-state index in [9.17, 15) is 0 Å². The van der Waals surface area contributed by atoms with E-state index in [1.165, 1.54) is 24.0 Å². The Morgan fingerprint density at radius 1 is 1.14 bits per heavy atom. The fourth-order valence-corrected chi connectivity index (χ4v) is 3.44. The molecule has 1 aliphatic heterocycles. The van der Waals surface area contributed by atoms with E-state index in [-0.39, 0.29) is 0 Å². The van der Waals surface area contributed by atoms with Gasteiger partial charge < -0.3 is 10.1 Å². The van der Waals surface area contributed by atoms with E-state index >= 15 is 0 Å². The standard InChI is InChI=1S/C22H28N4OS/c1-17(24-25-22(28)23-15-18-8-4-3-5-9-18)19-10-11-21(27-2)20(14-19)16-26-12-6-7-13-26/h3-5,8-11,14H,6-7,12-13,15-16H2,1-2H3,(H2,23,25,28)/b24-17-. The molecule has 0 bridgehead atoms. The molecule has 0 unspecified atom stereocenters. The van der Waals surface area contributed by atoms with Crippen LogP contribution in [0.3, 0.4) is 0 Å². The number of hydrogen-bond acceptors (Lipinski definition) is 4. The van der Waals surface area contributed by atoms with Gasteiger partial charge in [0, 0.05) is 18.7 Å². The van der Waals surface area contributed by atoms with Crippen LogP contribution in [0.1, 0.15) is 36.5 Å². The second kappa shape index (κ2) is 10.2. The molecule has 1 heterocycles. The highest BCUT2D eigenvalue weighted by Crippen LogP contribution is 2.23. The van der Waals surface area contributed by atoms with Crippen molar-refractivity contribution in [2.24, 2.45) is 5.10 Å². The third-order valence-corrected chi connectivity index (χ3v) is 5.15. The fraction of sp³-hybridized carbons (Fsp3) is 0.364. The van der Waals surface area contributed by atoms with Gasteiger partial charge in [-0.1, -0.05) is 30.3 Å². The normalized spacial score (nSPS) is 14.7. The van der Waals surface area contributed by atoms with Crippen LogP contribution in [0.15, 0.2) is 53.6 Å². The summed E-state index contributed by atoms with van der Waals surface area (Å²) in [4.78, 5) is 2.47. The summed E-state index contributed by atoms with van der Waals surface area (Å²) in [6.07, 6.45) is 2.56. The maximum atomic E-state index is 5.55. The molecule has 3 rings (SSSR count). The summed E-state index contributed by atoms with van der Waals surface area (Å²) in [5.41, 5.74) is 7.26. The Bertz CT molecular complexity index is 817. The highest BCUT2D eigenvalue weighted by molar-refractivity contribution is 7.80. The average Bonchev–Trinajstić information content (AvgIpc) is 3.24. The number of benzene rings is 2. The molecule has 148 valence electrons. The highest BCUT2D eigenvalue weighted by atomic mass is 32.1. The van der Waals surface area contributed by atoms with Crippen molar-refractivity contribution in [3.8, 4) is 5.75 Å². The molecular formula is C22H28N4OS. The van der Waals surface area contributed by atoms with Crippen molar-refractivity contribution in [1.82, 2.24) is 15.6 Å². The zero-order chi connectivity index (χ0) is 19.8. The van der Waals surface area contributed by atoms with Crippen molar-refractivity contribution in [3.63, 3.8) is 0 Å². The largest absolute Gasteiger partial charge is 0.496 e. The quantitative estimate of drug-likeness (QED) is 0.425. The predicted molar refractivity (Wildman–Crippen MR) is 119 cm³/mol. The minimum Gasteiger partial charge on any atom is -0.496 e. The summed E-state index contributed by atoms with van der Waals surface area (Å²) in [5, 5.41) is 8.12. The van der Waals surface area contributed by atoms with Crippen LogP contribution in [-0.4, -0.2) is 35.9 Å². The van der Waals surface area contributed by atoms with E-state index in [0.717, 1.165) is 36.7 Å². The SMILES string of the molecule is COc1ccc(/C(C)=N\NC(=S)NCc2ccccc2)cc1CN1CCCC1. The summed E-state index contributed by atoms with van der Waals surface area (Å²) in [7, 11) is 1.72. The minimum atomic E-state index is 0.508. The number of likely N-dealkylation sites (tertiary alicyclic amines) is 1. The summed E-state index contributed by atoms with van der Waals surface area (Å²) in [6.45, 7) is 5.87. The third kappa shape index (κ3) is 5.78. The lowest BCUT2D eigenvalue weighted by molar-refractivity contribution is 0.321. The predicted octanol–water partition coefficient (Wildman–Crippen LogP) is 3.68. The Hall–Kier alpha value is -2.44. The van der Waals surface area contributed by atoms with Crippen LogP contribution < -0.4 is 15.5 Å². The second-order valence-electron chi connectivity index (χ2n) is 6.99. The molecule has 0 aromatic heterocycles. The zero-order valence-corrected chi connectivity index (χ0v) is 17.4. The van der Waals surface area contributed by atoms with Crippen LogP contribution in [0.25, 0.3) is 0 Å². The summed E-state index contributed by atoms with van der Waals surface area (Å²) >= 11 is 5.33. The van der Waals surface area contributed by atoms with Crippen molar-refractivity contribution in [1.29, 1.82) is 0 Å². The Kier molecular flexibility index (Phi) is 7.39. The number of hydrazone groups is 1. The second-order valence-corrected chi connectivity index (χ2v) is 7.40. The Labute approximate surface area is 172 Å². The topological polar surface area (TPSA) is 48.9 Å². The molecule has 0 aliphatic carbocycles. The van der Waals surface area contributed by atoms with E-state index < -0.39 is 0 Å². The first-order valence-corrected chi connectivity index (χ1v) is 10.1. The Morgan fingerprint density at radius 3 is 2.61 bits per heavy atom. The molecule has 0 saturated carbocycles. The number of nitrogens with one attached hydrogen (secondary N) is 2. The first-order chi connectivity index (χ1) is 13.7. The fourth-order valence-electron chi connectivity index (χ4n) is 3.33. The molecule has 28 heavy (non-hydrogen) atoms. The number of hydrogen-bond donors (Lipinski definition) is 2. The van der Waals surface area contributed by atoms with Gasteiger partial charge in [0.25, 0.3) is 0 Å². The number of nitrogens with zero attached hydrogens (tertiary/aromatic N) is 2. The van der Waals surface area contributed by atoms with Crippen LogP contribution in [0.2, 0.25) is 0 Å². The van der Waals surface area contributed by atoms with Crippen molar-refractivity contribution in [3.05, 3.63) is 65.2 Å². The van der Waals surface area contributed by atoms with Crippen molar-refractivity contribution >= 4 is 23.0 Å². The maximum absolute atomic E-state index is 5.55. The zero-order valence-electron chi connectivity index (χ0n) is 16.6. The van der Waals surface area contributed by atoms with Gasteiger partial charge in [-0.05, 0) is 74.4 Å². The van der Waals surface area contributed by atoms with Gasteiger partial charge in [0.2, 0.25) is 0 Å². The van der Waals surface area contributed by atoms with Gasteiger partial charge in [0.15, 0.2) is 5.11 Å². The molecule has 0 radical (unpaired) electrons. The van der Waals surface area contributed by atoms with Crippen LogP contribution in [0, 0.1) is 0 Å². The number of thiocarbonyl (C=S) groups is 1. The highest BCUT2D eigenvalue weighted by Gasteiger charge is 2.15. The smallest absolute Gasteiger partial charge is 0.187 e. The van der Waals surface area contributed by atoms with E-state index in [0.29, 0.717) is 11.7 Å². The molecule has 0 amide bonds. The molecule has 2 aromatic carbocycles. The van der Waals surface area contributed by atoms with E-state index in [1.54, 1.807) is 7.11 Å². The molecule has 1 fully saturated rings. The van der Waals surface area contributed by atoms with Gasteiger partial charge in [-0.3, -0.25) is 10.3 Å². The first-order valence-electron chi connectivity index (χ1n) is 9.67. The van der Waals surface area contributed by atoms with Gasteiger partial charge in [-0.2, -0.15) is 5.10 Å². The Morgan fingerprint density at radius 2 is 1.89 bits per heavy atom. The molecular weight excluding hydrogens is 368 g/mol. The van der Waals surface area contributed by atoms with Gasteiger partial charge in [0.05, 0.1) is 12.8 Å². The molecule has 1 aliphatic rings. The van der Waals surface area contributed by atoms with E-state index in [2.05, 4.69) is 38.9 Å². The monoisotopic (exact) mass is 396 g/mol. The van der Waals surface area contributed by atoms with Crippen LogP contribution in [-0.2, 0) is 13.1 Å².